The number of halogens is 1. The van der Waals surface area contributed by atoms with Crippen molar-refractivity contribution in [3.05, 3.63) is 36.4 Å². The second-order valence-electron chi connectivity index (χ2n) is 2.43. The summed E-state index contributed by atoms with van der Waals surface area (Å²) in [7, 11) is 0. The Morgan fingerprint density at radius 2 is 2.23 bits per heavy atom. The number of allylic oxidation sites excluding steroid dienone is 1. The molecule has 0 atom stereocenters. The average Bonchev–Trinajstić information content (AvgIpc) is 2.13. The van der Waals surface area contributed by atoms with E-state index in [2.05, 4.69) is 15.9 Å². The van der Waals surface area contributed by atoms with E-state index >= 15 is 0 Å². The molecule has 1 N–H and O–H groups in total. The van der Waals surface area contributed by atoms with Gasteiger partial charge in [0.15, 0.2) is 0 Å². The molecule has 0 aliphatic rings. The van der Waals surface area contributed by atoms with E-state index in [1.807, 2.05) is 18.2 Å². The number of phenols is 1. The molecule has 0 unspecified atom stereocenters. The van der Waals surface area contributed by atoms with Gasteiger partial charge >= 0.3 is 0 Å². The molecule has 0 radical (unpaired) electrons. The summed E-state index contributed by atoms with van der Waals surface area (Å²) in [5.41, 5.74) is 0. The van der Waals surface area contributed by atoms with Crippen LogP contribution in [0.4, 0.5) is 0 Å². The molecular formula is C10H11BrO2. The highest BCUT2D eigenvalue weighted by atomic mass is 79.9. The van der Waals surface area contributed by atoms with Crippen LogP contribution in [0, 0.1) is 0 Å². The van der Waals surface area contributed by atoms with Crippen molar-refractivity contribution >= 4 is 15.9 Å². The summed E-state index contributed by atoms with van der Waals surface area (Å²) in [4.78, 5) is 0. The molecule has 70 valence electrons. The molecule has 3 heteroatoms. The fraction of sp³-hybridized carbons (Fsp3) is 0.200. The summed E-state index contributed by atoms with van der Waals surface area (Å²) in [6.45, 7) is 0.523. The molecule has 1 rings (SSSR count). The minimum absolute atomic E-state index is 0.224. The minimum atomic E-state index is 0.224. The summed E-state index contributed by atoms with van der Waals surface area (Å²) in [5.74, 6) is 0.904. The summed E-state index contributed by atoms with van der Waals surface area (Å²) >= 11 is 3.27. The number of rotatable bonds is 4. The summed E-state index contributed by atoms with van der Waals surface area (Å²) < 4.78 is 5.32. The number of ether oxygens (including phenoxy) is 1. The van der Waals surface area contributed by atoms with Crippen LogP contribution >= 0.6 is 15.9 Å². The van der Waals surface area contributed by atoms with Crippen molar-refractivity contribution in [2.24, 2.45) is 0 Å². The second-order valence-corrected chi connectivity index (χ2v) is 3.08. The minimum Gasteiger partial charge on any atom is -0.508 e. The van der Waals surface area contributed by atoms with Gasteiger partial charge in [-0.15, -0.1) is 0 Å². The maximum Gasteiger partial charge on any atom is 0.123 e. The molecule has 0 aliphatic heterocycles. The number of hydrogen-bond donors (Lipinski definition) is 1. The first kappa shape index (κ1) is 10.1. The maximum absolute atomic E-state index is 9.11. The van der Waals surface area contributed by atoms with Crippen LogP contribution in [0.3, 0.4) is 0 Å². The van der Waals surface area contributed by atoms with Crippen LogP contribution in [-0.2, 0) is 0 Å². The van der Waals surface area contributed by atoms with E-state index in [9.17, 15) is 0 Å². The molecule has 0 aliphatic carbocycles. The third kappa shape index (κ3) is 3.99. The van der Waals surface area contributed by atoms with Crippen molar-refractivity contribution in [1.29, 1.82) is 0 Å². The van der Waals surface area contributed by atoms with Crippen molar-refractivity contribution in [2.75, 3.05) is 11.9 Å². The number of aromatic hydroxyl groups is 1. The smallest absolute Gasteiger partial charge is 0.123 e. The van der Waals surface area contributed by atoms with E-state index in [1.54, 1.807) is 18.2 Å². The number of hydrogen-bond acceptors (Lipinski definition) is 2. The lowest BCUT2D eigenvalue weighted by Gasteiger charge is -2.02. The first-order chi connectivity index (χ1) is 6.33. The Balaban J connectivity index is 2.41. The third-order valence-electron chi connectivity index (χ3n) is 1.42. The van der Waals surface area contributed by atoms with Gasteiger partial charge in [0.2, 0.25) is 0 Å². The van der Waals surface area contributed by atoms with Gasteiger partial charge in [-0.1, -0.05) is 34.1 Å². The fourth-order valence-electron chi connectivity index (χ4n) is 0.849. The van der Waals surface area contributed by atoms with Gasteiger partial charge in [-0.2, -0.15) is 0 Å². The third-order valence-corrected chi connectivity index (χ3v) is 1.79. The Morgan fingerprint density at radius 1 is 1.38 bits per heavy atom. The molecule has 0 fully saturated rings. The summed E-state index contributed by atoms with van der Waals surface area (Å²) in [5, 5.41) is 9.94. The molecule has 0 aromatic heterocycles. The molecule has 2 nitrogen and oxygen atoms in total. The Morgan fingerprint density at radius 3 is 2.92 bits per heavy atom. The van der Waals surface area contributed by atoms with Gasteiger partial charge in [0, 0.05) is 11.4 Å². The maximum atomic E-state index is 9.11. The van der Waals surface area contributed by atoms with Crippen LogP contribution in [0.25, 0.3) is 0 Å². The normalized spacial score (nSPS) is 10.5. The summed E-state index contributed by atoms with van der Waals surface area (Å²) in [6.07, 6.45) is 3.88. The van der Waals surface area contributed by atoms with E-state index in [0.29, 0.717) is 12.4 Å². The topological polar surface area (TPSA) is 29.5 Å². The zero-order valence-corrected chi connectivity index (χ0v) is 8.70. The predicted octanol–water partition coefficient (Wildman–Crippen LogP) is 2.72. The molecule has 1 aromatic rings. The Bertz CT molecular complexity index is 284. The lowest BCUT2D eigenvalue weighted by Crippen LogP contribution is -1.92. The molecular weight excluding hydrogens is 232 g/mol. The predicted molar refractivity (Wildman–Crippen MR) is 56.5 cm³/mol. The largest absolute Gasteiger partial charge is 0.508 e. The van der Waals surface area contributed by atoms with E-state index in [-0.39, 0.29) is 5.75 Å². The monoisotopic (exact) mass is 242 g/mol. The van der Waals surface area contributed by atoms with E-state index in [0.717, 1.165) is 5.33 Å². The second kappa shape index (κ2) is 5.65. The molecule has 0 amide bonds. The molecule has 0 heterocycles. The van der Waals surface area contributed by atoms with E-state index in [4.69, 9.17) is 9.84 Å². The SMILES string of the molecule is Oc1cccc(OCC=CCBr)c1. The van der Waals surface area contributed by atoms with Gasteiger partial charge in [0.05, 0.1) is 0 Å². The van der Waals surface area contributed by atoms with Gasteiger partial charge in [0.1, 0.15) is 18.1 Å². The van der Waals surface area contributed by atoms with Gasteiger partial charge in [-0.25, -0.2) is 0 Å². The highest BCUT2D eigenvalue weighted by molar-refractivity contribution is 9.09. The van der Waals surface area contributed by atoms with Crippen molar-refractivity contribution in [3.63, 3.8) is 0 Å². The highest BCUT2D eigenvalue weighted by Gasteiger charge is 1.92. The van der Waals surface area contributed by atoms with Crippen LogP contribution in [0.1, 0.15) is 0 Å². The highest BCUT2D eigenvalue weighted by Crippen LogP contribution is 2.17. The lowest BCUT2D eigenvalue weighted by molar-refractivity contribution is 0.359. The zero-order valence-electron chi connectivity index (χ0n) is 7.11. The first-order valence-corrected chi connectivity index (χ1v) is 5.08. The van der Waals surface area contributed by atoms with Gasteiger partial charge < -0.3 is 9.84 Å². The molecule has 0 saturated heterocycles. The Kier molecular flexibility index (Phi) is 4.40. The van der Waals surface area contributed by atoms with Crippen LogP contribution in [0.15, 0.2) is 36.4 Å². The standard InChI is InChI=1S/C10H11BrO2/c11-6-1-2-7-13-10-5-3-4-9(12)8-10/h1-5,8,12H,6-7H2. The number of alkyl halides is 1. The van der Waals surface area contributed by atoms with Crippen LogP contribution < -0.4 is 4.74 Å². The van der Waals surface area contributed by atoms with Gasteiger partial charge in [-0.05, 0) is 12.1 Å². The van der Waals surface area contributed by atoms with Crippen LogP contribution in [0.5, 0.6) is 11.5 Å². The quantitative estimate of drug-likeness (QED) is 0.650. The molecule has 0 spiro atoms. The molecule has 13 heavy (non-hydrogen) atoms. The van der Waals surface area contributed by atoms with E-state index in [1.165, 1.54) is 0 Å². The number of phenolic OH excluding ortho intramolecular Hbond substituents is 1. The van der Waals surface area contributed by atoms with Gasteiger partial charge in [-0.3, -0.25) is 0 Å². The summed E-state index contributed by atoms with van der Waals surface area (Å²) in [6, 6.07) is 6.75. The van der Waals surface area contributed by atoms with Crippen molar-refractivity contribution < 1.29 is 9.84 Å². The Labute approximate surface area is 86.0 Å². The van der Waals surface area contributed by atoms with Crippen molar-refractivity contribution in [3.8, 4) is 11.5 Å². The van der Waals surface area contributed by atoms with E-state index < -0.39 is 0 Å². The number of benzene rings is 1. The van der Waals surface area contributed by atoms with Crippen molar-refractivity contribution in [1.82, 2.24) is 0 Å². The lowest BCUT2D eigenvalue weighted by atomic mass is 10.3. The van der Waals surface area contributed by atoms with Crippen molar-refractivity contribution in [2.45, 2.75) is 0 Å². The van der Waals surface area contributed by atoms with Crippen LogP contribution in [0.2, 0.25) is 0 Å². The zero-order chi connectivity index (χ0) is 9.52. The van der Waals surface area contributed by atoms with Crippen LogP contribution in [-0.4, -0.2) is 17.0 Å². The Hall–Kier alpha value is -0.960. The molecule has 0 saturated carbocycles. The fourth-order valence-corrected chi connectivity index (χ4v) is 1.11. The molecule has 1 aromatic carbocycles. The first-order valence-electron chi connectivity index (χ1n) is 3.95. The molecule has 0 bridgehead atoms. The average molecular weight is 243 g/mol. The van der Waals surface area contributed by atoms with Gasteiger partial charge in [0.25, 0.3) is 0 Å².